The first-order valence-electron chi connectivity index (χ1n) is 8.90. The molecule has 0 atom stereocenters. The number of carbonyl (C=O) groups excluding carboxylic acids is 1. The lowest BCUT2D eigenvalue weighted by Crippen LogP contribution is -2.39. The summed E-state index contributed by atoms with van der Waals surface area (Å²) in [5.41, 5.74) is 8.48. The third-order valence-electron chi connectivity index (χ3n) is 5.11. The van der Waals surface area contributed by atoms with Gasteiger partial charge in [0, 0.05) is 24.1 Å². The van der Waals surface area contributed by atoms with Gasteiger partial charge < -0.3 is 15.4 Å². The minimum Gasteiger partial charge on any atom is -0.467 e. The van der Waals surface area contributed by atoms with Crippen molar-refractivity contribution in [2.24, 2.45) is 0 Å². The van der Waals surface area contributed by atoms with Crippen LogP contribution in [0.25, 0.3) is 0 Å². The molecule has 0 saturated heterocycles. The van der Waals surface area contributed by atoms with Crippen molar-refractivity contribution in [3.05, 3.63) is 53.2 Å². The third kappa shape index (κ3) is 2.84. The molecule has 0 saturated carbocycles. The lowest BCUT2D eigenvalue weighted by molar-refractivity contribution is 0.0980. The zero-order valence-electron chi connectivity index (χ0n) is 15.9. The lowest BCUT2D eigenvalue weighted by atomic mass is 9.84. The van der Waals surface area contributed by atoms with Crippen LogP contribution in [0.15, 0.2) is 30.6 Å². The van der Waals surface area contributed by atoms with Crippen LogP contribution < -0.4 is 15.4 Å². The third-order valence-corrected chi connectivity index (χ3v) is 5.11. The van der Waals surface area contributed by atoms with E-state index in [4.69, 9.17) is 10.5 Å². The van der Waals surface area contributed by atoms with E-state index in [0.29, 0.717) is 24.2 Å². The van der Waals surface area contributed by atoms with Gasteiger partial charge in [-0.05, 0) is 31.5 Å². The fourth-order valence-electron chi connectivity index (χ4n) is 3.41. The van der Waals surface area contributed by atoms with Crippen LogP contribution in [-0.2, 0) is 11.8 Å². The van der Waals surface area contributed by atoms with Crippen LogP contribution in [0.4, 0.5) is 11.5 Å². The second kappa shape index (κ2) is 6.59. The molecule has 0 bridgehead atoms. The van der Waals surface area contributed by atoms with Crippen molar-refractivity contribution < 1.29 is 9.53 Å². The summed E-state index contributed by atoms with van der Waals surface area (Å²) in [6, 6.07) is 8.02. The highest BCUT2D eigenvalue weighted by atomic mass is 16.5. The van der Waals surface area contributed by atoms with E-state index >= 15 is 0 Å². The van der Waals surface area contributed by atoms with Crippen molar-refractivity contribution in [1.82, 2.24) is 25.1 Å². The number of methoxy groups -OCH3 is 1. The van der Waals surface area contributed by atoms with Gasteiger partial charge in [0.1, 0.15) is 23.5 Å². The van der Waals surface area contributed by atoms with E-state index in [2.05, 4.69) is 39.0 Å². The van der Waals surface area contributed by atoms with E-state index in [-0.39, 0.29) is 23.2 Å². The molecule has 4 rings (SSSR count). The van der Waals surface area contributed by atoms with Crippen molar-refractivity contribution >= 4 is 17.4 Å². The molecule has 3 aromatic rings. The van der Waals surface area contributed by atoms with Gasteiger partial charge in [0.05, 0.1) is 12.8 Å². The van der Waals surface area contributed by atoms with E-state index in [1.54, 1.807) is 4.90 Å². The Kier molecular flexibility index (Phi) is 4.21. The number of anilines is 2. The van der Waals surface area contributed by atoms with Crippen LogP contribution in [0, 0.1) is 0 Å². The highest BCUT2D eigenvalue weighted by Crippen LogP contribution is 2.32. The Balaban J connectivity index is 1.63. The van der Waals surface area contributed by atoms with Crippen LogP contribution >= 0.6 is 0 Å². The summed E-state index contributed by atoms with van der Waals surface area (Å²) in [7, 11) is 1.47. The molecular formula is C19H21N7O2. The molecule has 0 spiro atoms. The Morgan fingerprint density at radius 3 is 2.61 bits per heavy atom. The van der Waals surface area contributed by atoms with E-state index < -0.39 is 0 Å². The lowest BCUT2D eigenvalue weighted by Gasteiger charge is -2.29. The van der Waals surface area contributed by atoms with Crippen LogP contribution in [0.2, 0.25) is 0 Å². The number of benzene rings is 1. The molecule has 1 aromatic carbocycles. The molecule has 9 heteroatoms. The first-order chi connectivity index (χ1) is 13.4. The molecule has 1 aliphatic heterocycles. The average Bonchev–Trinajstić information content (AvgIpc) is 3.23. The van der Waals surface area contributed by atoms with Crippen molar-refractivity contribution in [2.45, 2.75) is 25.7 Å². The molecule has 2 aromatic heterocycles. The Hall–Kier alpha value is -3.49. The van der Waals surface area contributed by atoms with Gasteiger partial charge in [0.25, 0.3) is 5.91 Å². The summed E-state index contributed by atoms with van der Waals surface area (Å²) in [6.45, 7) is 4.64. The zero-order chi connectivity index (χ0) is 19.9. The molecule has 0 unspecified atom stereocenters. The Morgan fingerprint density at radius 1 is 1.21 bits per heavy atom. The summed E-state index contributed by atoms with van der Waals surface area (Å²) < 4.78 is 5.04. The number of carbonyl (C=O) groups is 1. The van der Waals surface area contributed by atoms with Crippen molar-refractivity contribution in [3.8, 4) is 6.01 Å². The number of hydrogen-bond acceptors (Lipinski definition) is 7. The van der Waals surface area contributed by atoms with Gasteiger partial charge in [-0.25, -0.2) is 4.98 Å². The first-order valence-corrected chi connectivity index (χ1v) is 8.90. The molecule has 3 N–H and O–H groups in total. The van der Waals surface area contributed by atoms with E-state index in [1.165, 1.54) is 13.4 Å². The van der Waals surface area contributed by atoms with Crippen molar-refractivity contribution in [1.29, 1.82) is 0 Å². The number of nitrogens with one attached hydrogen (secondary N) is 1. The first kappa shape index (κ1) is 17.9. The number of nitrogen functional groups attached to an aromatic ring is 1. The number of nitrogens with zero attached hydrogens (tertiary/aromatic N) is 5. The number of ether oxygens (including phenoxy) is 1. The number of amides is 1. The Morgan fingerprint density at radius 2 is 1.96 bits per heavy atom. The highest BCUT2D eigenvalue weighted by Gasteiger charge is 2.31. The highest BCUT2D eigenvalue weighted by molar-refractivity contribution is 6.10. The summed E-state index contributed by atoms with van der Waals surface area (Å²) in [6.07, 6.45) is 2.08. The van der Waals surface area contributed by atoms with Crippen LogP contribution in [0.5, 0.6) is 6.01 Å². The minimum absolute atomic E-state index is 0.139. The predicted molar refractivity (Wildman–Crippen MR) is 103 cm³/mol. The number of fused-ring (bicyclic) bond motifs is 1. The number of rotatable bonds is 4. The molecule has 9 nitrogen and oxygen atoms in total. The number of aromatic nitrogens is 5. The molecule has 3 heterocycles. The maximum absolute atomic E-state index is 13.0. The SMILES string of the molecule is COc1nc(N)c2c(n1)CCN(c1ccc(C(C)(C)c3ncn[nH]3)cc1)C2=O. The average molecular weight is 379 g/mol. The minimum atomic E-state index is -0.331. The molecular weight excluding hydrogens is 358 g/mol. The Labute approximate surface area is 162 Å². The number of H-pyrrole nitrogens is 1. The smallest absolute Gasteiger partial charge is 0.318 e. The normalized spacial score (nSPS) is 14.1. The van der Waals surface area contributed by atoms with Crippen LogP contribution in [0.1, 0.15) is 41.3 Å². The molecule has 144 valence electrons. The topological polar surface area (TPSA) is 123 Å². The molecule has 1 amide bonds. The fourth-order valence-corrected chi connectivity index (χ4v) is 3.41. The van der Waals surface area contributed by atoms with E-state index in [1.807, 2.05) is 24.3 Å². The molecule has 28 heavy (non-hydrogen) atoms. The van der Waals surface area contributed by atoms with Gasteiger partial charge in [-0.1, -0.05) is 12.1 Å². The quantitative estimate of drug-likeness (QED) is 0.707. The largest absolute Gasteiger partial charge is 0.467 e. The van der Waals surface area contributed by atoms with Crippen LogP contribution in [0.3, 0.4) is 0 Å². The maximum Gasteiger partial charge on any atom is 0.318 e. The molecule has 0 fully saturated rings. The summed E-state index contributed by atoms with van der Waals surface area (Å²) >= 11 is 0. The monoisotopic (exact) mass is 379 g/mol. The predicted octanol–water partition coefficient (Wildman–Crippen LogP) is 1.71. The molecule has 0 radical (unpaired) electrons. The number of nitrogens with two attached hydrogens (primary N) is 1. The van der Waals surface area contributed by atoms with Gasteiger partial charge in [0.2, 0.25) is 0 Å². The number of aromatic amines is 1. The van der Waals surface area contributed by atoms with Gasteiger partial charge in [-0.2, -0.15) is 15.1 Å². The fraction of sp³-hybridized carbons (Fsp3) is 0.316. The second-order valence-corrected chi connectivity index (χ2v) is 7.13. The zero-order valence-corrected chi connectivity index (χ0v) is 15.9. The van der Waals surface area contributed by atoms with Gasteiger partial charge in [-0.15, -0.1) is 0 Å². The summed E-state index contributed by atoms with van der Waals surface area (Å²) in [5, 5.41) is 6.86. The van der Waals surface area contributed by atoms with Crippen molar-refractivity contribution in [3.63, 3.8) is 0 Å². The Bertz CT molecular complexity index is 1010. The second-order valence-electron chi connectivity index (χ2n) is 7.13. The van der Waals surface area contributed by atoms with Gasteiger partial charge in [0.15, 0.2) is 0 Å². The molecule has 1 aliphatic rings. The standard InChI is InChI=1S/C19H21N7O2/c1-19(2,17-21-10-22-25-17)11-4-6-12(7-5-11)26-9-8-13-14(16(26)27)15(20)24-18(23-13)28-3/h4-7,10H,8-9H2,1-3H3,(H2,20,23,24)(H,21,22,25). The van der Waals surface area contributed by atoms with Gasteiger partial charge in [-0.3, -0.25) is 9.89 Å². The van der Waals surface area contributed by atoms with Gasteiger partial charge >= 0.3 is 6.01 Å². The van der Waals surface area contributed by atoms with E-state index in [9.17, 15) is 4.79 Å². The molecule has 0 aliphatic carbocycles. The van der Waals surface area contributed by atoms with Crippen LogP contribution in [-0.4, -0.2) is 44.7 Å². The summed E-state index contributed by atoms with van der Waals surface area (Å²) in [4.78, 5) is 27.3. The maximum atomic E-state index is 13.0. The number of hydrogen-bond donors (Lipinski definition) is 2. The summed E-state index contributed by atoms with van der Waals surface area (Å²) in [5.74, 6) is 0.713. The van der Waals surface area contributed by atoms with Crippen molar-refractivity contribution in [2.75, 3.05) is 24.3 Å². The van der Waals surface area contributed by atoms with E-state index in [0.717, 1.165) is 17.1 Å².